The summed E-state index contributed by atoms with van der Waals surface area (Å²) in [5.74, 6) is 5.27. The van der Waals surface area contributed by atoms with E-state index in [2.05, 4.69) is 17.7 Å². The summed E-state index contributed by atoms with van der Waals surface area (Å²) in [5, 5.41) is 3.00. The van der Waals surface area contributed by atoms with Gasteiger partial charge in [0.15, 0.2) is 0 Å². The molecule has 0 aliphatic heterocycles. The molecule has 5 nitrogen and oxygen atoms in total. The number of methoxy groups -OCH3 is 1. The van der Waals surface area contributed by atoms with Crippen molar-refractivity contribution in [2.45, 2.75) is 32.7 Å². The fraction of sp³-hybridized carbons (Fsp3) is 0.500. The predicted octanol–water partition coefficient (Wildman–Crippen LogP) is 1.83. The lowest BCUT2D eigenvalue weighted by molar-refractivity contribution is 0.0891. The van der Waals surface area contributed by atoms with Gasteiger partial charge < -0.3 is 15.5 Å². The topological polar surface area (TPSA) is 76.4 Å². The lowest BCUT2D eigenvalue weighted by atomic mass is 10.1. The van der Waals surface area contributed by atoms with Crippen LogP contribution in [0, 0.1) is 6.92 Å². The number of hydrazine groups is 1. The second-order valence-corrected chi connectivity index (χ2v) is 4.59. The third kappa shape index (κ3) is 4.54. The number of hydrogen-bond acceptors (Lipinski definition) is 4. The Morgan fingerprint density at radius 1 is 1.47 bits per heavy atom. The van der Waals surface area contributed by atoms with E-state index in [0.717, 1.165) is 24.1 Å². The van der Waals surface area contributed by atoms with Gasteiger partial charge >= 0.3 is 0 Å². The van der Waals surface area contributed by atoms with Crippen molar-refractivity contribution in [3.05, 3.63) is 29.3 Å². The highest BCUT2D eigenvalue weighted by atomic mass is 16.5. The van der Waals surface area contributed by atoms with Gasteiger partial charge in [-0.2, -0.15) is 0 Å². The number of rotatable bonds is 7. The number of ether oxygens (including phenoxy) is 1. The van der Waals surface area contributed by atoms with Gasteiger partial charge in [0, 0.05) is 18.4 Å². The summed E-state index contributed by atoms with van der Waals surface area (Å²) in [5.41, 5.74) is 4.90. The number of nitrogen functional groups attached to an aromatic ring is 1. The minimum Gasteiger partial charge on any atom is -0.383 e. The molecule has 0 aromatic heterocycles. The van der Waals surface area contributed by atoms with Gasteiger partial charge in [0.2, 0.25) is 0 Å². The SMILES string of the molecule is CCCC(COC)NC(=O)c1ccc(NN)cc1C. The highest BCUT2D eigenvalue weighted by molar-refractivity contribution is 5.96. The maximum atomic E-state index is 12.2. The van der Waals surface area contributed by atoms with Crippen molar-refractivity contribution < 1.29 is 9.53 Å². The van der Waals surface area contributed by atoms with Crippen LogP contribution in [0.25, 0.3) is 0 Å². The van der Waals surface area contributed by atoms with Crippen molar-refractivity contribution in [2.75, 3.05) is 19.1 Å². The van der Waals surface area contributed by atoms with E-state index in [1.54, 1.807) is 19.2 Å². The minimum atomic E-state index is -0.0726. The maximum absolute atomic E-state index is 12.2. The van der Waals surface area contributed by atoms with Crippen molar-refractivity contribution in [2.24, 2.45) is 5.84 Å². The Labute approximate surface area is 114 Å². The summed E-state index contributed by atoms with van der Waals surface area (Å²) < 4.78 is 5.12. The van der Waals surface area contributed by atoms with Crippen LogP contribution in [-0.4, -0.2) is 25.7 Å². The standard InChI is InChI=1S/C14H23N3O2/c1-4-5-12(9-19-3)16-14(18)13-7-6-11(17-15)8-10(13)2/h6-8,12,17H,4-5,9,15H2,1-3H3,(H,16,18). The van der Waals surface area contributed by atoms with Crippen LogP contribution < -0.4 is 16.6 Å². The van der Waals surface area contributed by atoms with Crippen LogP contribution in [-0.2, 0) is 4.74 Å². The maximum Gasteiger partial charge on any atom is 0.251 e. The Bertz CT molecular complexity index is 415. The first-order valence-corrected chi connectivity index (χ1v) is 6.49. The molecular weight excluding hydrogens is 242 g/mol. The van der Waals surface area contributed by atoms with Gasteiger partial charge in [-0.15, -0.1) is 0 Å². The predicted molar refractivity (Wildman–Crippen MR) is 77.0 cm³/mol. The van der Waals surface area contributed by atoms with E-state index in [4.69, 9.17) is 10.6 Å². The monoisotopic (exact) mass is 265 g/mol. The van der Waals surface area contributed by atoms with E-state index < -0.39 is 0 Å². The number of amides is 1. The Morgan fingerprint density at radius 2 is 2.21 bits per heavy atom. The molecule has 0 spiro atoms. The third-order valence-corrected chi connectivity index (χ3v) is 2.98. The Morgan fingerprint density at radius 3 is 2.74 bits per heavy atom. The Kier molecular flexibility index (Phi) is 6.32. The molecule has 1 amide bonds. The van der Waals surface area contributed by atoms with Gasteiger partial charge in [-0.05, 0) is 37.1 Å². The van der Waals surface area contributed by atoms with Gasteiger partial charge in [0.1, 0.15) is 0 Å². The number of anilines is 1. The fourth-order valence-corrected chi connectivity index (χ4v) is 2.02. The first kappa shape index (κ1) is 15.5. The lowest BCUT2D eigenvalue weighted by Crippen LogP contribution is -2.38. The van der Waals surface area contributed by atoms with Crippen LogP contribution in [0.1, 0.15) is 35.7 Å². The summed E-state index contributed by atoms with van der Waals surface area (Å²) in [6, 6.07) is 5.46. The molecular formula is C14H23N3O2. The quantitative estimate of drug-likeness (QED) is 0.519. The van der Waals surface area contributed by atoms with Crippen LogP contribution in [0.2, 0.25) is 0 Å². The number of nitrogens with one attached hydrogen (secondary N) is 2. The molecule has 1 atom stereocenters. The van der Waals surface area contributed by atoms with Gasteiger partial charge in [0.05, 0.1) is 12.6 Å². The highest BCUT2D eigenvalue weighted by Crippen LogP contribution is 2.14. The number of carbonyl (C=O) groups is 1. The van der Waals surface area contributed by atoms with Crippen molar-refractivity contribution in [3.63, 3.8) is 0 Å². The summed E-state index contributed by atoms with van der Waals surface area (Å²) in [7, 11) is 1.64. The molecule has 1 aromatic rings. The summed E-state index contributed by atoms with van der Waals surface area (Å²) in [6.45, 7) is 4.50. The molecule has 0 fully saturated rings. The molecule has 106 valence electrons. The van der Waals surface area contributed by atoms with E-state index in [-0.39, 0.29) is 11.9 Å². The van der Waals surface area contributed by atoms with Crippen molar-refractivity contribution in [3.8, 4) is 0 Å². The zero-order valence-corrected chi connectivity index (χ0v) is 11.8. The number of nitrogens with two attached hydrogens (primary N) is 1. The molecule has 0 heterocycles. The van der Waals surface area contributed by atoms with Gasteiger partial charge in [-0.1, -0.05) is 13.3 Å². The minimum absolute atomic E-state index is 0.0502. The number of carbonyl (C=O) groups excluding carboxylic acids is 1. The lowest BCUT2D eigenvalue weighted by Gasteiger charge is -2.18. The summed E-state index contributed by atoms with van der Waals surface area (Å²) >= 11 is 0. The second kappa shape index (κ2) is 7.76. The zero-order chi connectivity index (χ0) is 14.3. The molecule has 19 heavy (non-hydrogen) atoms. The first-order chi connectivity index (χ1) is 9.12. The number of benzene rings is 1. The molecule has 0 saturated carbocycles. The van der Waals surface area contributed by atoms with Crippen LogP contribution in [0.5, 0.6) is 0 Å². The summed E-state index contributed by atoms with van der Waals surface area (Å²) in [6.07, 6.45) is 1.91. The average molecular weight is 265 g/mol. The Balaban J connectivity index is 2.76. The highest BCUT2D eigenvalue weighted by Gasteiger charge is 2.14. The van der Waals surface area contributed by atoms with Crippen LogP contribution in [0.4, 0.5) is 5.69 Å². The van der Waals surface area contributed by atoms with Crippen LogP contribution in [0.3, 0.4) is 0 Å². The molecule has 0 saturated heterocycles. The number of hydrogen-bond donors (Lipinski definition) is 3. The molecule has 0 aliphatic carbocycles. The fourth-order valence-electron chi connectivity index (χ4n) is 2.02. The molecule has 0 radical (unpaired) electrons. The van der Waals surface area contributed by atoms with Gasteiger partial charge in [-0.3, -0.25) is 10.6 Å². The molecule has 4 N–H and O–H groups in total. The van der Waals surface area contributed by atoms with Crippen LogP contribution in [0.15, 0.2) is 18.2 Å². The molecule has 5 heteroatoms. The smallest absolute Gasteiger partial charge is 0.251 e. The number of aryl methyl sites for hydroxylation is 1. The molecule has 0 aliphatic rings. The van der Waals surface area contributed by atoms with E-state index in [1.807, 2.05) is 13.0 Å². The van der Waals surface area contributed by atoms with E-state index in [0.29, 0.717) is 12.2 Å². The average Bonchev–Trinajstić information content (AvgIpc) is 2.38. The first-order valence-electron chi connectivity index (χ1n) is 6.49. The largest absolute Gasteiger partial charge is 0.383 e. The van der Waals surface area contributed by atoms with E-state index in [1.165, 1.54) is 0 Å². The van der Waals surface area contributed by atoms with Gasteiger partial charge in [-0.25, -0.2) is 0 Å². The van der Waals surface area contributed by atoms with Crippen molar-refractivity contribution in [1.82, 2.24) is 5.32 Å². The molecule has 1 aromatic carbocycles. The zero-order valence-electron chi connectivity index (χ0n) is 11.8. The second-order valence-electron chi connectivity index (χ2n) is 4.59. The third-order valence-electron chi connectivity index (χ3n) is 2.98. The van der Waals surface area contributed by atoms with Gasteiger partial charge in [0.25, 0.3) is 5.91 Å². The molecule has 1 rings (SSSR count). The van der Waals surface area contributed by atoms with Crippen molar-refractivity contribution in [1.29, 1.82) is 0 Å². The molecule has 1 unspecified atom stereocenters. The van der Waals surface area contributed by atoms with E-state index >= 15 is 0 Å². The van der Waals surface area contributed by atoms with E-state index in [9.17, 15) is 4.79 Å². The van der Waals surface area contributed by atoms with Crippen LogP contribution >= 0.6 is 0 Å². The molecule has 0 bridgehead atoms. The van der Waals surface area contributed by atoms with Crippen molar-refractivity contribution >= 4 is 11.6 Å². The Hall–Kier alpha value is -1.59. The normalized spacial score (nSPS) is 12.0. The summed E-state index contributed by atoms with van der Waals surface area (Å²) in [4.78, 5) is 12.2.